The van der Waals surface area contributed by atoms with E-state index in [0.29, 0.717) is 39.6 Å². The zero-order valence-electron chi connectivity index (χ0n) is 19.8. The molecule has 0 bridgehead atoms. The molecule has 0 unspecified atom stereocenters. The lowest BCUT2D eigenvalue weighted by Crippen LogP contribution is -2.17. The van der Waals surface area contributed by atoms with Crippen LogP contribution < -0.4 is 5.32 Å². The van der Waals surface area contributed by atoms with Crippen LogP contribution in [0, 0.1) is 12.7 Å². The zero-order chi connectivity index (χ0) is 24.7. The number of aryl methyl sites for hydroxylation is 1. The third kappa shape index (κ3) is 4.28. The van der Waals surface area contributed by atoms with Gasteiger partial charge in [-0.25, -0.2) is 19.0 Å². The summed E-state index contributed by atoms with van der Waals surface area (Å²) in [6, 6.07) is 15.3. The first kappa shape index (κ1) is 22.4. The van der Waals surface area contributed by atoms with Crippen LogP contribution in [0.3, 0.4) is 0 Å². The number of benzene rings is 2. The summed E-state index contributed by atoms with van der Waals surface area (Å²) >= 11 is 0. The van der Waals surface area contributed by atoms with Gasteiger partial charge < -0.3 is 5.32 Å². The molecule has 0 aliphatic carbocycles. The Bertz CT molecular complexity index is 1530. The van der Waals surface area contributed by atoms with Crippen molar-refractivity contribution >= 4 is 22.8 Å². The lowest BCUT2D eigenvalue weighted by Gasteiger charge is -2.19. The van der Waals surface area contributed by atoms with Gasteiger partial charge >= 0.3 is 0 Å². The second-order valence-electron chi connectivity index (χ2n) is 9.33. The summed E-state index contributed by atoms with van der Waals surface area (Å²) in [5.41, 5.74) is 3.60. The molecule has 0 fully saturated rings. The van der Waals surface area contributed by atoms with Crippen LogP contribution in [0.5, 0.6) is 0 Å². The first-order valence-corrected chi connectivity index (χ1v) is 11.1. The normalized spacial score (nSPS) is 11.7. The number of carbonyl (C=O) groups is 1. The Morgan fingerprint density at radius 2 is 1.69 bits per heavy atom. The van der Waals surface area contributed by atoms with E-state index in [0.717, 1.165) is 5.56 Å². The molecule has 176 valence electrons. The standard InChI is InChI=1S/C26H24FN7O/c1-16-13-22(31-25(35)17-5-7-18(8-6-17)26(2,3)4)34(32-16)24-21-14-30-33(23(21)28-15-29-24)20-11-9-19(27)10-12-20/h5-15H,1-4H3,(H,31,35). The van der Waals surface area contributed by atoms with Gasteiger partial charge in [-0.15, -0.1) is 0 Å². The molecule has 0 saturated carbocycles. The topological polar surface area (TPSA) is 90.5 Å². The summed E-state index contributed by atoms with van der Waals surface area (Å²) in [5, 5.41) is 12.5. The monoisotopic (exact) mass is 469 g/mol. The number of anilines is 1. The van der Waals surface area contributed by atoms with Gasteiger partial charge in [0, 0.05) is 11.6 Å². The fourth-order valence-electron chi connectivity index (χ4n) is 3.83. The van der Waals surface area contributed by atoms with E-state index in [4.69, 9.17) is 0 Å². The minimum Gasteiger partial charge on any atom is -0.306 e. The number of nitrogens with one attached hydrogen (secondary N) is 1. The molecule has 0 saturated heterocycles. The predicted molar refractivity (Wildman–Crippen MR) is 132 cm³/mol. The molecular weight excluding hydrogens is 445 g/mol. The molecule has 35 heavy (non-hydrogen) atoms. The fraction of sp³-hybridized carbons (Fsp3) is 0.192. The smallest absolute Gasteiger partial charge is 0.256 e. The molecule has 0 spiro atoms. The van der Waals surface area contributed by atoms with Gasteiger partial charge in [0.15, 0.2) is 11.5 Å². The molecule has 0 aliphatic heterocycles. The SMILES string of the molecule is Cc1cc(NC(=O)c2ccc(C(C)(C)C)cc2)n(-c2ncnc3c2cnn3-c2ccc(F)cc2)n1. The lowest BCUT2D eigenvalue weighted by atomic mass is 9.87. The largest absolute Gasteiger partial charge is 0.306 e. The second-order valence-corrected chi connectivity index (χ2v) is 9.33. The van der Waals surface area contributed by atoms with Crippen LogP contribution in [0.1, 0.15) is 42.4 Å². The van der Waals surface area contributed by atoms with Gasteiger partial charge in [-0.3, -0.25) is 4.79 Å². The van der Waals surface area contributed by atoms with Crippen molar-refractivity contribution in [1.82, 2.24) is 29.5 Å². The van der Waals surface area contributed by atoms with Crippen molar-refractivity contribution in [3.8, 4) is 11.5 Å². The maximum atomic E-state index is 13.4. The Kier molecular flexibility index (Phi) is 5.39. The van der Waals surface area contributed by atoms with Gasteiger partial charge in [0.05, 0.1) is 23.0 Å². The number of nitrogens with zero attached hydrogens (tertiary/aromatic N) is 6. The van der Waals surface area contributed by atoms with E-state index >= 15 is 0 Å². The number of halogens is 1. The number of aromatic nitrogens is 6. The van der Waals surface area contributed by atoms with Crippen LogP contribution in [-0.4, -0.2) is 35.4 Å². The van der Waals surface area contributed by atoms with Crippen LogP contribution in [0.15, 0.2) is 67.1 Å². The summed E-state index contributed by atoms with van der Waals surface area (Å²) in [6.07, 6.45) is 3.04. The number of fused-ring (bicyclic) bond motifs is 1. The molecule has 2 aromatic carbocycles. The van der Waals surface area contributed by atoms with Gasteiger partial charge in [-0.1, -0.05) is 32.9 Å². The highest BCUT2D eigenvalue weighted by Crippen LogP contribution is 2.25. The van der Waals surface area contributed by atoms with Crippen molar-refractivity contribution in [2.45, 2.75) is 33.1 Å². The number of carbonyl (C=O) groups excluding carboxylic acids is 1. The minimum atomic E-state index is -0.332. The first-order chi connectivity index (χ1) is 16.7. The third-order valence-electron chi connectivity index (χ3n) is 5.70. The highest BCUT2D eigenvalue weighted by atomic mass is 19.1. The Labute approximate surface area is 201 Å². The molecule has 0 radical (unpaired) electrons. The van der Waals surface area contributed by atoms with Crippen LogP contribution in [0.4, 0.5) is 10.2 Å². The maximum absolute atomic E-state index is 13.4. The average Bonchev–Trinajstić information content (AvgIpc) is 3.42. The van der Waals surface area contributed by atoms with Crippen molar-refractivity contribution in [2.75, 3.05) is 5.32 Å². The van der Waals surface area contributed by atoms with Crippen molar-refractivity contribution in [1.29, 1.82) is 0 Å². The van der Waals surface area contributed by atoms with Gasteiger partial charge in [0.25, 0.3) is 5.91 Å². The highest BCUT2D eigenvalue weighted by molar-refractivity contribution is 6.04. The van der Waals surface area contributed by atoms with Gasteiger partial charge in [0.1, 0.15) is 18.0 Å². The molecule has 3 aromatic heterocycles. The van der Waals surface area contributed by atoms with Crippen molar-refractivity contribution in [2.24, 2.45) is 0 Å². The summed E-state index contributed by atoms with van der Waals surface area (Å²) < 4.78 is 16.5. The maximum Gasteiger partial charge on any atom is 0.256 e. The van der Waals surface area contributed by atoms with E-state index in [1.54, 1.807) is 33.8 Å². The fourth-order valence-corrected chi connectivity index (χ4v) is 3.83. The van der Waals surface area contributed by atoms with Crippen LogP contribution in [0.25, 0.3) is 22.5 Å². The summed E-state index contributed by atoms with van der Waals surface area (Å²) in [4.78, 5) is 21.8. The van der Waals surface area contributed by atoms with E-state index in [-0.39, 0.29) is 17.1 Å². The Hall–Kier alpha value is -4.40. The molecule has 1 amide bonds. The van der Waals surface area contributed by atoms with Crippen LogP contribution in [0.2, 0.25) is 0 Å². The molecule has 5 aromatic rings. The molecule has 5 rings (SSSR count). The number of rotatable bonds is 4. The van der Waals surface area contributed by atoms with Crippen LogP contribution in [-0.2, 0) is 5.41 Å². The number of hydrogen-bond acceptors (Lipinski definition) is 5. The third-order valence-corrected chi connectivity index (χ3v) is 5.70. The lowest BCUT2D eigenvalue weighted by molar-refractivity contribution is 0.102. The number of hydrogen-bond donors (Lipinski definition) is 1. The molecule has 0 atom stereocenters. The van der Waals surface area contributed by atoms with E-state index in [2.05, 4.69) is 46.3 Å². The molecule has 8 nitrogen and oxygen atoms in total. The van der Waals surface area contributed by atoms with Gasteiger partial charge in [-0.2, -0.15) is 14.9 Å². The van der Waals surface area contributed by atoms with Crippen molar-refractivity contribution in [3.05, 3.63) is 89.8 Å². The molecular formula is C26H24FN7O. The van der Waals surface area contributed by atoms with E-state index in [1.165, 1.54) is 18.5 Å². The van der Waals surface area contributed by atoms with Gasteiger partial charge in [-0.05, 0) is 54.3 Å². The first-order valence-electron chi connectivity index (χ1n) is 11.1. The van der Waals surface area contributed by atoms with Crippen molar-refractivity contribution in [3.63, 3.8) is 0 Å². The van der Waals surface area contributed by atoms with Crippen molar-refractivity contribution < 1.29 is 9.18 Å². The average molecular weight is 470 g/mol. The molecule has 9 heteroatoms. The predicted octanol–water partition coefficient (Wildman–Crippen LogP) is 5.00. The zero-order valence-corrected chi connectivity index (χ0v) is 19.8. The Morgan fingerprint density at radius 1 is 0.971 bits per heavy atom. The highest BCUT2D eigenvalue weighted by Gasteiger charge is 2.19. The molecule has 0 aliphatic rings. The summed E-state index contributed by atoms with van der Waals surface area (Å²) in [5.74, 6) is 0.358. The van der Waals surface area contributed by atoms with E-state index < -0.39 is 0 Å². The Morgan fingerprint density at radius 3 is 2.37 bits per heavy atom. The minimum absolute atomic E-state index is 0.00147. The number of amides is 1. The van der Waals surface area contributed by atoms with E-state index in [9.17, 15) is 9.18 Å². The van der Waals surface area contributed by atoms with Gasteiger partial charge in [0.2, 0.25) is 0 Å². The summed E-state index contributed by atoms with van der Waals surface area (Å²) in [6.45, 7) is 8.23. The molecule has 1 N–H and O–H groups in total. The van der Waals surface area contributed by atoms with Crippen LogP contribution >= 0.6 is 0 Å². The quantitative estimate of drug-likeness (QED) is 0.400. The second kappa shape index (κ2) is 8.43. The molecule has 3 heterocycles. The Balaban J connectivity index is 1.50. The summed E-state index contributed by atoms with van der Waals surface area (Å²) in [7, 11) is 0. The van der Waals surface area contributed by atoms with E-state index in [1.807, 2.05) is 31.2 Å².